The Labute approximate surface area is 118 Å². The largest absolute Gasteiger partial charge is 0.457 e. The molecule has 2 aromatic carbocycles. The molecule has 20 heavy (non-hydrogen) atoms. The Kier molecular flexibility index (Phi) is 3.99. The lowest BCUT2D eigenvalue weighted by molar-refractivity contribution is 0.101. The SMILES string of the molecule is CC(=O)c1cc(Oc2ccc(C)cc2)cc(C(C)=O)c1. The van der Waals surface area contributed by atoms with Crippen molar-refractivity contribution in [2.24, 2.45) is 0 Å². The van der Waals surface area contributed by atoms with Crippen LogP contribution in [-0.2, 0) is 0 Å². The van der Waals surface area contributed by atoms with E-state index in [1.165, 1.54) is 13.8 Å². The van der Waals surface area contributed by atoms with Crippen LogP contribution in [0.15, 0.2) is 42.5 Å². The standard InChI is InChI=1S/C17H16O3/c1-11-4-6-16(7-5-11)20-17-9-14(12(2)18)8-15(10-17)13(3)19/h4-10H,1-3H3. The van der Waals surface area contributed by atoms with E-state index in [-0.39, 0.29) is 11.6 Å². The molecule has 0 aliphatic carbocycles. The molecule has 3 heteroatoms. The first-order valence-electron chi connectivity index (χ1n) is 6.37. The van der Waals surface area contributed by atoms with Crippen LogP contribution in [0.5, 0.6) is 11.5 Å². The Hall–Kier alpha value is -2.42. The molecule has 0 fully saturated rings. The van der Waals surface area contributed by atoms with Crippen LogP contribution >= 0.6 is 0 Å². The Balaban J connectivity index is 2.37. The van der Waals surface area contributed by atoms with Gasteiger partial charge in [0.2, 0.25) is 0 Å². The van der Waals surface area contributed by atoms with Gasteiger partial charge in [0, 0.05) is 11.1 Å². The van der Waals surface area contributed by atoms with Gasteiger partial charge in [-0.1, -0.05) is 17.7 Å². The number of rotatable bonds is 4. The maximum atomic E-state index is 11.5. The van der Waals surface area contributed by atoms with Crippen molar-refractivity contribution in [3.05, 3.63) is 59.2 Å². The van der Waals surface area contributed by atoms with Crippen LogP contribution < -0.4 is 4.74 Å². The number of ketones is 2. The Morgan fingerprint density at radius 2 is 1.30 bits per heavy atom. The van der Waals surface area contributed by atoms with E-state index in [4.69, 9.17) is 4.74 Å². The number of Topliss-reactive ketones (excluding diaryl/α,β-unsaturated/α-hetero) is 2. The summed E-state index contributed by atoms with van der Waals surface area (Å²) in [6.07, 6.45) is 0. The lowest BCUT2D eigenvalue weighted by Crippen LogP contribution is -1.99. The van der Waals surface area contributed by atoms with E-state index in [9.17, 15) is 9.59 Å². The molecule has 0 unspecified atom stereocenters. The van der Waals surface area contributed by atoms with Crippen molar-refractivity contribution in [2.45, 2.75) is 20.8 Å². The molecule has 0 heterocycles. The van der Waals surface area contributed by atoms with Crippen molar-refractivity contribution >= 4 is 11.6 Å². The van der Waals surface area contributed by atoms with Gasteiger partial charge >= 0.3 is 0 Å². The summed E-state index contributed by atoms with van der Waals surface area (Å²) >= 11 is 0. The minimum atomic E-state index is -0.0955. The third kappa shape index (κ3) is 3.32. The van der Waals surface area contributed by atoms with Crippen molar-refractivity contribution in [3.63, 3.8) is 0 Å². The molecular weight excluding hydrogens is 252 g/mol. The number of ether oxygens (including phenoxy) is 1. The lowest BCUT2D eigenvalue weighted by atomic mass is 10.0. The highest BCUT2D eigenvalue weighted by Crippen LogP contribution is 2.25. The van der Waals surface area contributed by atoms with Gasteiger partial charge in [-0.15, -0.1) is 0 Å². The second-order valence-corrected chi connectivity index (χ2v) is 4.77. The summed E-state index contributed by atoms with van der Waals surface area (Å²) < 4.78 is 5.71. The minimum Gasteiger partial charge on any atom is -0.457 e. The first-order valence-corrected chi connectivity index (χ1v) is 6.37. The van der Waals surface area contributed by atoms with Gasteiger partial charge in [0.25, 0.3) is 0 Å². The molecule has 102 valence electrons. The Morgan fingerprint density at radius 1 is 0.800 bits per heavy atom. The highest BCUT2D eigenvalue weighted by Gasteiger charge is 2.09. The van der Waals surface area contributed by atoms with E-state index in [0.29, 0.717) is 22.6 Å². The van der Waals surface area contributed by atoms with Gasteiger partial charge in [0.15, 0.2) is 11.6 Å². The van der Waals surface area contributed by atoms with E-state index in [2.05, 4.69) is 0 Å². The number of hydrogen-bond donors (Lipinski definition) is 0. The number of hydrogen-bond acceptors (Lipinski definition) is 3. The van der Waals surface area contributed by atoms with Crippen LogP contribution in [0.25, 0.3) is 0 Å². The molecule has 0 aliphatic heterocycles. The topological polar surface area (TPSA) is 43.4 Å². The van der Waals surface area contributed by atoms with Gasteiger partial charge < -0.3 is 4.74 Å². The molecule has 0 bridgehead atoms. The van der Waals surface area contributed by atoms with Crippen LogP contribution in [0.3, 0.4) is 0 Å². The van der Waals surface area contributed by atoms with Crippen LogP contribution in [0.4, 0.5) is 0 Å². The monoisotopic (exact) mass is 268 g/mol. The molecule has 0 N–H and O–H groups in total. The number of carbonyl (C=O) groups excluding carboxylic acids is 2. The van der Waals surface area contributed by atoms with E-state index < -0.39 is 0 Å². The smallest absolute Gasteiger partial charge is 0.159 e. The summed E-state index contributed by atoms with van der Waals surface area (Å²) in [5, 5.41) is 0. The highest BCUT2D eigenvalue weighted by molar-refractivity contribution is 6.00. The molecular formula is C17H16O3. The van der Waals surface area contributed by atoms with Crippen molar-refractivity contribution in [3.8, 4) is 11.5 Å². The van der Waals surface area contributed by atoms with Crippen LogP contribution in [-0.4, -0.2) is 11.6 Å². The fourth-order valence-corrected chi connectivity index (χ4v) is 1.81. The van der Waals surface area contributed by atoms with Crippen molar-refractivity contribution in [1.82, 2.24) is 0 Å². The average Bonchev–Trinajstić information content (AvgIpc) is 2.41. The quantitative estimate of drug-likeness (QED) is 0.781. The van der Waals surface area contributed by atoms with Gasteiger partial charge in [0.05, 0.1) is 0 Å². The molecule has 2 rings (SSSR count). The van der Waals surface area contributed by atoms with Gasteiger partial charge in [-0.2, -0.15) is 0 Å². The fourth-order valence-electron chi connectivity index (χ4n) is 1.81. The molecule has 0 spiro atoms. The predicted octanol–water partition coefficient (Wildman–Crippen LogP) is 4.19. The third-order valence-electron chi connectivity index (χ3n) is 2.98. The van der Waals surface area contributed by atoms with Crippen LogP contribution in [0, 0.1) is 6.92 Å². The normalized spacial score (nSPS) is 10.2. The van der Waals surface area contributed by atoms with E-state index in [0.717, 1.165) is 5.56 Å². The molecule has 0 amide bonds. The zero-order valence-electron chi connectivity index (χ0n) is 11.8. The maximum absolute atomic E-state index is 11.5. The second-order valence-electron chi connectivity index (χ2n) is 4.77. The summed E-state index contributed by atoms with van der Waals surface area (Å²) in [5.41, 5.74) is 2.08. The molecule has 3 nitrogen and oxygen atoms in total. The average molecular weight is 268 g/mol. The molecule has 0 radical (unpaired) electrons. The van der Waals surface area contributed by atoms with Gasteiger partial charge in [-0.3, -0.25) is 9.59 Å². The summed E-state index contributed by atoms with van der Waals surface area (Å²) in [6.45, 7) is 4.93. The molecule has 2 aromatic rings. The first-order chi connectivity index (χ1) is 9.45. The predicted molar refractivity (Wildman–Crippen MR) is 77.7 cm³/mol. The summed E-state index contributed by atoms with van der Waals surface area (Å²) in [7, 11) is 0. The van der Waals surface area contributed by atoms with E-state index >= 15 is 0 Å². The van der Waals surface area contributed by atoms with Crippen LogP contribution in [0.2, 0.25) is 0 Å². The summed E-state index contributed by atoms with van der Waals surface area (Å²) in [6, 6.07) is 12.5. The Morgan fingerprint density at radius 3 is 1.75 bits per heavy atom. The number of carbonyl (C=O) groups is 2. The zero-order valence-corrected chi connectivity index (χ0v) is 11.8. The number of benzene rings is 2. The van der Waals surface area contributed by atoms with Gasteiger partial charge in [-0.05, 0) is 51.1 Å². The lowest BCUT2D eigenvalue weighted by Gasteiger charge is -2.09. The van der Waals surface area contributed by atoms with Crippen molar-refractivity contribution in [2.75, 3.05) is 0 Å². The van der Waals surface area contributed by atoms with Crippen LogP contribution in [0.1, 0.15) is 40.1 Å². The molecule has 0 aromatic heterocycles. The molecule has 0 aliphatic rings. The second kappa shape index (κ2) is 5.70. The summed E-state index contributed by atoms with van der Waals surface area (Å²) in [5.74, 6) is 0.973. The van der Waals surface area contributed by atoms with Crippen molar-refractivity contribution < 1.29 is 14.3 Å². The van der Waals surface area contributed by atoms with Gasteiger partial charge in [-0.25, -0.2) is 0 Å². The molecule has 0 atom stereocenters. The molecule has 0 saturated carbocycles. The van der Waals surface area contributed by atoms with Crippen molar-refractivity contribution in [1.29, 1.82) is 0 Å². The minimum absolute atomic E-state index is 0.0955. The summed E-state index contributed by atoms with van der Waals surface area (Å²) in [4.78, 5) is 23.0. The Bertz CT molecular complexity index is 622. The first kappa shape index (κ1) is 14.0. The molecule has 0 saturated heterocycles. The maximum Gasteiger partial charge on any atom is 0.159 e. The third-order valence-corrected chi connectivity index (χ3v) is 2.98. The van der Waals surface area contributed by atoms with Gasteiger partial charge in [0.1, 0.15) is 11.5 Å². The highest BCUT2D eigenvalue weighted by atomic mass is 16.5. The zero-order chi connectivity index (χ0) is 14.7. The van der Waals surface area contributed by atoms with E-state index in [1.807, 2.05) is 31.2 Å². The van der Waals surface area contributed by atoms with E-state index in [1.54, 1.807) is 18.2 Å². The number of aryl methyl sites for hydroxylation is 1. The fraction of sp³-hybridized carbons (Fsp3) is 0.176.